The molecule has 9 heteroatoms. The van der Waals surface area contributed by atoms with Gasteiger partial charge < -0.3 is 25.6 Å². The molecule has 4 rings (SSSR count). The highest BCUT2D eigenvalue weighted by molar-refractivity contribution is 6.32. The summed E-state index contributed by atoms with van der Waals surface area (Å²) in [5.41, 5.74) is 2.05. The number of ether oxygens (including phenoxy) is 1. The van der Waals surface area contributed by atoms with Gasteiger partial charge in [0.15, 0.2) is 5.82 Å². The summed E-state index contributed by atoms with van der Waals surface area (Å²) < 4.78 is 5.64. The third kappa shape index (κ3) is 5.81. The summed E-state index contributed by atoms with van der Waals surface area (Å²) in [6, 6.07) is 8.20. The predicted molar refractivity (Wildman–Crippen MR) is 128 cm³/mol. The zero-order valence-electron chi connectivity index (χ0n) is 18.4. The molecule has 0 unspecified atom stereocenters. The molecule has 1 atom stereocenters. The van der Waals surface area contributed by atoms with Gasteiger partial charge in [0.2, 0.25) is 11.9 Å². The van der Waals surface area contributed by atoms with E-state index in [1.807, 2.05) is 19.1 Å². The monoisotopic (exact) mass is 458 g/mol. The summed E-state index contributed by atoms with van der Waals surface area (Å²) in [6.45, 7) is 5.92. The minimum atomic E-state index is 0.122. The van der Waals surface area contributed by atoms with Crippen LogP contribution in [-0.4, -0.2) is 54.8 Å². The average Bonchev–Trinajstić information content (AvgIpc) is 3.34. The Morgan fingerprint density at radius 2 is 2.00 bits per heavy atom. The Morgan fingerprint density at radius 3 is 2.69 bits per heavy atom. The number of nitrogens with one attached hydrogen (secondary N) is 3. The molecular formula is C23H31ClN6O2. The van der Waals surface area contributed by atoms with Gasteiger partial charge in [-0.3, -0.25) is 4.79 Å². The molecule has 0 spiro atoms. The maximum Gasteiger partial charge on any atom is 0.229 e. The van der Waals surface area contributed by atoms with Gasteiger partial charge >= 0.3 is 0 Å². The minimum Gasteiger partial charge on any atom is -0.376 e. The first-order chi connectivity index (χ1) is 15.6. The molecule has 1 aromatic carbocycles. The van der Waals surface area contributed by atoms with E-state index in [2.05, 4.69) is 43.0 Å². The van der Waals surface area contributed by atoms with Crippen LogP contribution in [0.25, 0.3) is 0 Å². The molecule has 32 heavy (non-hydrogen) atoms. The van der Waals surface area contributed by atoms with E-state index < -0.39 is 0 Å². The lowest BCUT2D eigenvalue weighted by molar-refractivity contribution is -0.125. The molecule has 172 valence electrons. The number of amides is 1. The maximum absolute atomic E-state index is 12.0. The Kier molecular flexibility index (Phi) is 7.65. The standard InChI is InChI=1S/C23H31ClN6O2/c1-2-25-22(31)16-9-11-30(12-10-16)18-7-5-17(6-8-18)28-23-27-15-20(24)21(29-23)26-14-19-4-3-13-32-19/h5-8,15-16,19H,2-4,9-14H2,1H3,(H,25,31)(H2,26,27,28,29)/t19-/m0/s1. The number of hydrogen-bond donors (Lipinski definition) is 3. The Labute approximate surface area is 194 Å². The number of halogens is 1. The highest BCUT2D eigenvalue weighted by Crippen LogP contribution is 2.26. The van der Waals surface area contributed by atoms with Crippen molar-refractivity contribution in [2.45, 2.75) is 38.7 Å². The van der Waals surface area contributed by atoms with Crippen LogP contribution in [0.2, 0.25) is 5.02 Å². The highest BCUT2D eigenvalue weighted by Gasteiger charge is 2.24. The maximum atomic E-state index is 12.0. The molecule has 0 aliphatic carbocycles. The van der Waals surface area contributed by atoms with Crippen molar-refractivity contribution in [3.8, 4) is 0 Å². The van der Waals surface area contributed by atoms with Crippen molar-refractivity contribution in [2.24, 2.45) is 5.92 Å². The number of carbonyl (C=O) groups excluding carboxylic acids is 1. The van der Waals surface area contributed by atoms with Gasteiger partial charge in [-0.1, -0.05) is 11.6 Å². The molecular weight excluding hydrogens is 428 g/mol. The Bertz CT molecular complexity index is 896. The second-order valence-corrected chi connectivity index (χ2v) is 8.64. The fourth-order valence-electron chi connectivity index (χ4n) is 4.17. The zero-order valence-corrected chi connectivity index (χ0v) is 19.2. The highest BCUT2D eigenvalue weighted by atomic mass is 35.5. The fourth-order valence-corrected chi connectivity index (χ4v) is 4.33. The topological polar surface area (TPSA) is 91.4 Å². The second kappa shape index (κ2) is 10.8. The largest absolute Gasteiger partial charge is 0.376 e. The number of benzene rings is 1. The Balaban J connectivity index is 1.32. The molecule has 3 N–H and O–H groups in total. The molecule has 8 nitrogen and oxygen atoms in total. The fraction of sp³-hybridized carbons (Fsp3) is 0.522. The van der Waals surface area contributed by atoms with Crippen LogP contribution in [0, 0.1) is 5.92 Å². The van der Waals surface area contributed by atoms with Crippen molar-refractivity contribution >= 4 is 40.6 Å². The number of carbonyl (C=O) groups is 1. The smallest absolute Gasteiger partial charge is 0.229 e. The van der Waals surface area contributed by atoms with E-state index in [1.165, 1.54) is 0 Å². The summed E-state index contributed by atoms with van der Waals surface area (Å²) in [4.78, 5) is 23.2. The summed E-state index contributed by atoms with van der Waals surface area (Å²) in [5.74, 6) is 1.39. The molecule has 1 aromatic heterocycles. The van der Waals surface area contributed by atoms with Gasteiger partial charge in [0.1, 0.15) is 5.02 Å². The number of rotatable bonds is 8. The molecule has 0 saturated carbocycles. The summed E-state index contributed by atoms with van der Waals surface area (Å²) in [7, 11) is 0. The van der Waals surface area contributed by atoms with Gasteiger partial charge in [-0.2, -0.15) is 4.98 Å². The van der Waals surface area contributed by atoms with Crippen molar-refractivity contribution in [2.75, 3.05) is 48.3 Å². The normalized spacial score (nSPS) is 19.1. The molecule has 0 bridgehead atoms. The van der Waals surface area contributed by atoms with E-state index >= 15 is 0 Å². The average molecular weight is 459 g/mol. The molecule has 2 saturated heterocycles. The number of hydrogen-bond acceptors (Lipinski definition) is 7. The lowest BCUT2D eigenvalue weighted by atomic mass is 9.95. The lowest BCUT2D eigenvalue weighted by Crippen LogP contribution is -2.40. The van der Waals surface area contributed by atoms with Gasteiger partial charge in [0.05, 0.1) is 12.3 Å². The van der Waals surface area contributed by atoms with Crippen LogP contribution in [-0.2, 0) is 9.53 Å². The number of aromatic nitrogens is 2. The van der Waals surface area contributed by atoms with Gasteiger partial charge in [-0.25, -0.2) is 4.98 Å². The molecule has 2 aliphatic rings. The molecule has 3 heterocycles. The third-order valence-corrected chi connectivity index (χ3v) is 6.25. The van der Waals surface area contributed by atoms with Crippen LogP contribution in [0.4, 0.5) is 23.1 Å². The van der Waals surface area contributed by atoms with Gasteiger partial charge in [-0.05, 0) is 56.9 Å². The lowest BCUT2D eigenvalue weighted by Gasteiger charge is -2.33. The first-order valence-corrected chi connectivity index (χ1v) is 11.8. The molecule has 1 amide bonds. The van der Waals surface area contributed by atoms with Gasteiger partial charge in [-0.15, -0.1) is 0 Å². The quantitative estimate of drug-likeness (QED) is 0.553. The van der Waals surface area contributed by atoms with Crippen LogP contribution < -0.4 is 20.9 Å². The number of nitrogens with zero attached hydrogens (tertiary/aromatic N) is 3. The van der Waals surface area contributed by atoms with E-state index in [-0.39, 0.29) is 17.9 Å². The second-order valence-electron chi connectivity index (χ2n) is 8.23. The third-order valence-electron chi connectivity index (χ3n) is 5.97. The summed E-state index contributed by atoms with van der Waals surface area (Å²) in [6.07, 6.45) is 5.71. The van der Waals surface area contributed by atoms with E-state index in [0.717, 1.165) is 56.8 Å². The SMILES string of the molecule is CCNC(=O)C1CCN(c2ccc(Nc3ncc(Cl)c(NC[C@@H]4CCCO4)n3)cc2)CC1. The van der Waals surface area contributed by atoms with E-state index in [0.29, 0.717) is 29.9 Å². The zero-order chi connectivity index (χ0) is 22.3. The van der Waals surface area contributed by atoms with E-state index in [4.69, 9.17) is 16.3 Å². The van der Waals surface area contributed by atoms with Crippen LogP contribution in [0.3, 0.4) is 0 Å². The van der Waals surface area contributed by atoms with Crippen LogP contribution in [0.5, 0.6) is 0 Å². The molecule has 2 aromatic rings. The molecule has 2 fully saturated rings. The van der Waals surface area contributed by atoms with E-state index in [1.54, 1.807) is 6.20 Å². The van der Waals surface area contributed by atoms with Crippen molar-refractivity contribution < 1.29 is 9.53 Å². The minimum absolute atomic E-state index is 0.122. The molecule has 0 radical (unpaired) electrons. The van der Waals surface area contributed by atoms with Crippen LogP contribution in [0.1, 0.15) is 32.6 Å². The van der Waals surface area contributed by atoms with Crippen molar-refractivity contribution in [1.82, 2.24) is 15.3 Å². The molecule has 2 aliphatic heterocycles. The summed E-state index contributed by atoms with van der Waals surface area (Å²) >= 11 is 6.25. The number of piperidine rings is 1. The van der Waals surface area contributed by atoms with Crippen molar-refractivity contribution in [1.29, 1.82) is 0 Å². The Morgan fingerprint density at radius 1 is 1.22 bits per heavy atom. The van der Waals surface area contributed by atoms with E-state index in [9.17, 15) is 4.79 Å². The summed E-state index contributed by atoms with van der Waals surface area (Å²) in [5, 5.41) is 9.93. The van der Waals surface area contributed by atoms with Crippen molar-refractivity contribution in [3.05, 3.63) is 35.5 Å². The van der Waals surface area contributed by atoms with Gasteiger partial charge in [0.25, 0.3) is 0 Å². The van der Waals surface area contributed by atoms with Gasteiger partial charge in [0, 0.05) is 50.1 Å². The first-order valence-electron chi connectivity index (χ1n) is 11.4. The van der Waals surface area contributed by atoms with Crippen LogP contribution >= 0.6 is 11.6 Å². The van der Waals surface area contributed by atoms with Crippen LogP contribution in [0.15, 0.2) is 30.5 Å². The predicted octanol–water partition coefficient (Wildman–Crippen LogP) is 3.82. The first kappa shape index (κ1) is 22.6. The Hall–Kier alpha value is -2.58. The number of anilines is 4. The van der Waals surface area contributed by atoms with Crippen molar-refractivity contribution in [3.63, 3.8) is 0 Å².